The zero-order valence-electron chi connectivity index (χ0n) is 24.4. The van der Waals surface area contributed by atoms with Crippen molar-refractivity contribution in [2.24, 2.45) is 0 Å². The molecular weight excluding hydrogens is 619 g/mol. The topological polar surface area (TPSA) is 85.6 Å². The fourth-order valence-electron chi connectivity index (χ4n) is 4.48. The molecule has 0 aliphatic carbocycles. The van der Waals surface area contributed by atoms with E-state index in [9.17, 15) is 4.79 Å². The molecule has 0 saturated carbocycles. The van der Waals surface area contributed by atoms with Crippen molar-refractivity contribution in [3.63, 3.8) is 0 Å². The molecule has 9 nitrogen and oxygen atoms in total. The zero-order valence-corrected chi connectivity index (χ0v) is 26.6. The number of fused-ring (bicyclic) bond motifs is 1. The van der Waals surface area contributed by atoms with Crippen LogP contribution in [0.15, 0.2) is 48.5 Å². The van der Waals surface area contributed by atoms with E-state index in [1.807, 2.05) is 94.7 Å². The number of amides is 1. The van der Waals surface area contributed by atoms with E-state index in [1.54, 1.807) is 11.9 Å². The van der Waals surface area contributed by atoms with E-state index in [4.69, 9.17) is 14.6 Å². The normalized spacial score (nSPS) is 12.3. The first kappa shape index (κ1) is 29.6. The summed E-state index contributed by atoms with van der Waals surface area (Å²) in [7, 11) is 5.62. The standard InChI is InChI=1S/C30H37IN6O3/c1-19-26-20(2)37(34-27(26)28(33-32-19)35(6)7)23-14-9-10-15-25(23)39-24(21-12-11-13-22(31)18-21)16-17-36(8)29(38)40-30(3,4)5/h9-15,18,24H,16-17H2,1-8H3. The quantitative estimate of drug-likeness (QED) is 0.201. The van der Waals surface area contributed by atoms with E-state index in [1.165, 1.54) is 0 Å². The van der Waals surface area contributed by atoms with Crippen molar-refractivity contribution < 1.29 is 14.3 Å². The van der Waals surface area contributed by atoms with Gasteiger partial charge in [0.25, 0.3) is 0 Å². The Morgan fingerprint density at radius 1 is 1.05 bits per heavy atom. The molecule has 2 heterocycles. The number of hydrogen-bond acceptors (Lipinski definition) is 7. The number of ether oxygens (including phenoxy) is 2. The molecule has 0 fully saturated rings. The lowest BCUT2D eigenvalue weighted by atomic mass is 10.1. The van der Waals surface area contributed by atoms with E-state index in [-0.39, 0.29) is 12.2 Å². The molecule has 4 aromatic rings. The first-order valence-electron chi connectivity index (χ1n) is 13.2. The highest BCUT2D eigenvalue weighted by atomic mass is 127. The Morgan fingerprint density at radius 3 is 2.45 bits per heavy atom. The number of para-hydroxylation sites is 2. The van der Waals surface area contributed by atoms with Crippen LogP contribution in [0.5, 0.6) is 5.75 Å². The van der Waals surface area contributed by atoms with Crippen LogP contribution in [0.4, 0.5) is 10.6 Å². The second kappa shape index (κ2) is 12.0. The van der Waals surface area contributed by atoms with Crippen molar-refractivity contribution in [1.82, 2.24) is 24.9 Å². The van der Waals surface area contributed by atoms with Crippen molar-refractivity contribution in [1.29, 1.82) is 0 Å². The highest BCUT2D eigenvalue weighted by Gasteiger charge is 2.24. The van der Waals surface area contributed by atoms with Gasteiger partial charge in [0, 0.05) is 37.7 Å². The van der Waals surface area contributed by atoms with Gasteiger partial charge in [-0.1, -0.05) is 24.3 Å². The minimum Gasteiger partial charge on any atom is -0.483 e. The number of benzene rings is 2. The second-order valence-corrected chi connectivity index (χ2v) is 12.3. The SMILES string of the molecule is Cc1nnc(N(C)C)c2nn(-c3ccccc3OC(CCN(C)C(=O)OC(C)(C)C)c3cccc(I)c3)c(C)c12. The molecule has 0 N–H and O–H groups in total. The van der Waals surface area contributed by atoms with E-state index >= 15 is 0 Å². The summed E-state index contributed by atoms with van der Waals surface area (Å²) >= 11 is 2.31. The maximum absolute atomic E-state index is 12.6. The number of nitrogens with zero attached hydrogens (tertiary/aromatic N) is 6. The van der Waals surface area contributed by atoms with Crippen LogP contribution in [0.3, 0.4) is 0 Å². The maximum Gasteiger partial charge on any atom is 0.410 e. The predicted octanol–water partition coefficient (Wildman–Crippen LogP) is 6.48. The van der Waals surface area contributed by atoms with Crippen molar-refractivity contribution in [2.45, 2.75) is 52.7 Å². The average molecular weight is 657 g/mol. The summed E-state index contributed by atoms with van der Waals surface area (Å²) in [6.07, 6.45) is -0.0991. The summed E-state index contributed by atoms with van der Waals surface area (Å²) in [5.74, 6) is 1.40. The number of carbonyl (C=O) groups excluding carboxylic acids is 1. The second-order valence-electron chi connectivity index (χ2n) is 11.0. The molecule has 0 aliphatic heterocycles. The molecule has 0 aliphatic rings. The Balaban J connectivity index is 1.71. The monoisotopic (exact) mass is 656 g/mol. The van der Waals surface area contributed by atoms with Crippen LogP contribution in [-0.4, -0.2) is 64.3 Å². The third kappa shape index (κ3) is 6.65. The van der Waals surface area contributed by atoms with Gasteiger partial charge >= 0.3 is 6.09 Å². The molecule has 0 bridgehead atoms. The molecule has 1 amide bonds. The number of anilines is 1. The summed E-state index contributed by atoms with van der Waals surface area (Å²) < 4.78 is 15.3. The summed E-state index contributed by atoms with van der Waals surface area (Å²) in [5.41, 5.74) is 3.85. The van der Waals surface area contributed by atoms with Gasteiger partial charge in [0.15, 0.2) is 5.82 Å². The van der Waals surface area contributed by atoms with Gasteiger partial charge in [0.05, 0.1) is 16.8 Å². The minimum atomic E-state index is -0.559. The Kier molecular flexibility index (Phi) is 8.86. The van der Waals surface area contributed by atoms with Crippen LogP contribution < -0.4 is 9.64 Å². The summed E-state index contributed by atoms with van der Waals surface area (Å²) in [4.78, 5) is 16.1. The Morgan fingerprint density at radius 2 is 1.77 bits per heavy atom. The molecule has 2 aromatic heterocycles. The van der Waals surface area contributed by atoms with Gasteiger partial charge in [-0.15, -0.1) is 5.10 Å². The van der Waals surface area contributed by atoms with E-state index in [0.29, 0.717) is 24.5 Å². The maximum atomic E-state index is 12.6. The lowest BCUT2D eigenvalue weighted by Gasteiger charge is -2.27. The van der Waals surface area contributed by atoms with Gasteiger partial charge in [0.1, 0.15) is 28.7 Å². The van der Waals surface area contributed by atoms with E-state index in [0.717, 1.165) is 37.1 Å². The van der Waals surface area contributed by atoms with Crippen LogP contribution >= 0.6 is 22.6 Å². The van der Waals surface area contributed by atoms with Gasteiger partial charge in [-0.25, -0.2) is 9.48 Å². The Bertz CT molecular complexity index is 1510. The Labute approximate surface area is 249 Å². The smallest absolute Gasteiger partial charge is 0.410 e. The number of aromatic nitrogens is 4. The first-order valence-corrected chi connectivity index (χ1v) is 14.3. The van der Waals surface area contributed by atoms with Crippen molar-refractivity contribution in [3.05, 3.63) is 69.1 Å². The third-order valence-electron chi connectivity index (χ3n) is 6.42. The molecule has 2 aromatic carbocycles. The van der Waals surface area contributed by atoms with Gasteiger partial charge < -0.3 is 19.3 Å². The first-order chi connectivity index (χ1) is 18.9. The van der Waals surface area contributed by atoms with Crippen LogP contribution in [0.2, 0.25) is 0 Å². The van der Waals surface area contributed by atoms with Crippen LogP contribution in [-0.2, 0) is 4.74 Å². The molecule has 10 heteroatoms. The molecule has 0 saturated heterocycles. The zero-order chi connectivity index (χ0) is 29.2. The van der Waals surface area contributed by atoms with E-state index in [2.05, 4.69) is 44.9 Å². The van der Waals surface area contributed by atoms with Crippen molar-refractivity contribution in [3.8, 4) is 11.4 Å². The average Bonchev–Trinajstić information content (AvgIpc) is 3.23. The van der Waals surface area contributed by atoms with Crippen molar-refractivity contribution >= 4 is 45.4 Å². The highest BCUT2D eigenvalue weighted by Crippen LogP contribution is 2.34. The molecule has 1 unspecified atom stereocenters. The predicted molar refractivity (Wildman–Crippen MR) is 166 cm³/mol. The van der Waals surface area contributed by atoms with Gasteiger partial charge in [-0.3, -0.25) is 0 Å². The minimum absolute atomic E-state index is 0.312. The summed E-state index contributed by atoms with van der Waals surface area (Å²) in [5, 5.41) is 14.7. The van der Waals surface area contributed by atoms with E-state index < -0.39 is 5.60 Å². The van der Waals surface area contributed by atoms with Crippen LogP contribution in [0.25, 0.3) is 16.6 Å². The number of hydrogen-bond donors (Lipinski definition) is 0. The molecule has 0 spiro atoms. The van der Waals surface area contributed by atoms with Crippen molar-refractivity contribution in [2.75, 3.05) is 32.6 Å². The lowest BCUT2D eigenvalue weighted by Crippen LogP contribution is -2.35. The molecule has 1 atom stereocenters. The number of aryl methyl sites for hydroxylation is 2. The fourth-order valence-corrected chi connectivity index (χ4v) is 5.04. The number of rotatable bonds is 8. The molecule has 0 radical (unpaired) electrons. The number of halogens is 1. The number of carbonyl (C=O) groups is 1. The Hall–Kier alpha value is -3.41. The van der Waals surface area contributed by atoms with Gasteiger partial charge in [0.2, 0.25) is 0 Å². The van der Waals surface area contributed by atoms with Gasteiger partial charge in [-0.05, 0) is 87.0 Å². The van der Waals surface area contributed by atoms with Crippen LogP contribution in [0.1, 0.15) is 50.2 Å². The largest absolute Gasteiger partial charge is 0.483 e. The molecule has 212 valence electrons. The molecule has 4 rings (SSSR count). The lowest BCUT2D eigenvalue weighted by molar-refractivity contribution is 0.0278. The van der Waals surface area contributed by atoms with Gasteiger partial charge in [-0.2, -0.15) is 10.2 Å². The molecular formula is C30H37IN6O3. The highest BCUT2D eigenvalue weighted by molar-refractivity contribution is 14.1. The summed E-state index contributed by atoms with van der Waals surface area (Å²) in [6, 6.07) is 16.1. The summed E-state index contributed by atoms with van der Waals surface area (Å²) in [6.45, 7) is 10.0. The fraction of sp³-hybridized carbons (Fsp3) is 0.400. The molecule has 40 heavy (non-hydrogen) atoms. The third-order valence-corrected chi connectivity index (χ3v) is 7.09. The van der Waals surface area contributed by atoms with Crippen LogP contribution in [0, 0.1) is 17.4 Å².